The summed E-state index contributed by atoms with van der Waals surface area (Å²) in [5.74, 6) is 1.38. The van der Waals surface area contributed by atoms with E-state index in [0.717, 1.165) is 5.69 Å². The van der Waals surface area contributed by atoms with Gasteiger partial charge in [0.15, 0.2) is 0 Å². The second-order valence-electron chi connectivity index (χ2n) is 5.97. The standard InChI is InChI=1S/C17H24N2OS/c1-3-21-16-10-6-8-13(16)18-14-11-17(20)19(2)15-9-5-4-7-12(14)15/h4-5,7,9,13-14,16,18H,3,6,8,10-11H2,1-2H3. The molecular weight excluding hydrogens is 280 g/mol. The summed E-state index contributed by atoms with van der Waals surface area (Å²) in [5.41, 5.74) is 2.33. The number of rotatable bonds is 4. The van der Waals surface area contributed by atoms with Crippen LogP contribution in [-0.4, -0.2) is 30.0 Å². The van der Waals surface area contributed by atoms with Gasteiger partial charge in [-0.1, -0.05) is 31.5 Å². The molecule has 3 unspecified atom stereocenters. The molecule has 1 amide bonds. The Morgan fingerprint density at radius 2 is 2.14 bits per heavy atom. The maximum Gasteiger partial charge on any atom is 0.228 e. The molecule has 1 N–H and O–H groups in total. The Balaban J connectivity index is 1.79. The fourth-order valence-corrected chi connectivity index (χ4v) is 4.79. The molecule has 0 aromatic heterocycles. The predicted molar refractivity (Wildman–Crippen MR) is 89.9 cm³/mol. The van der Waals surface area contributed by atoms with Crippen molar-refractivity contribution in [2.24, 2.45) is 0 Å². The van der Waals surface area contributed by atoms with Crippen molar-refractivity contribution < 1.29 is 4.79 Å². The van der Waals surface area contributed by atoms with Gasteiger partial charge in [0.1, 0.15) is 0 Å². The van der Waals surface area contributed by atoms with Crippen LogP contribution in [0.4, 0.5) is 5.69 Å². The summed E-state index contributed by atoms with van der Waals surface area (Å²) in [6, 6.07) is 9.01. The summed E-state index contributed by atoms with van der Waals surface area (Å²) in [6.45, 7) is 2.23. The molecule has 4 heteroatoms. The molecule has 114 valence electrons. The maximum absolute atomic E-state index is 12.2. The van der Waals surface area contributed by atoms with Crippen LogP contribution in [0.25, 0.3) is 0 Å². The molecule has 1 fully saturated rings. The lowest BCUT2D eigenvalue weighted by atomic mass is 9.95. The third-order valence-corrected chi connectivity index (χ3v) is 6.00. The number of thioether (sulfide) groups is 1. The van der Waals surface area contributed by atoms with Gasteiger partial charge in [0, 0.05) is 36.5 Å². The van der Waals surface area contributed by atoms with Gasteiger partial charge in [0.25, 0.3) is 0 Å². The molecule has 3 nitrogen and oxygen atoms in total. The highest BCUT2D eigenvalue weighted by atomic mass is 32.2. The van der Waals surface area contributed by atoms with E-state index in [9.17, 15) is 4.79 Å². The fourth-order valence-electron chi connectivity index (χ4n) is 3.58. The number of benzene rings is 1. The van der Waals surface area contributed by atoms with E-state index < -0.39 is 0 Å². The van der Waals surface area contributed by atoms with Gasteiger partial charge < -0.3 is 10.2 Å². The van der Waals surface area contributed by atoms with Crippen LogP contribution in [0.5, 0.6) is 0 Å². The average Bonchev–Trinajstić information content (AvgIpc) is 2.92. The van der Waals surface area contributed by atoms with Gasteiger partial charge in [0.05, 0.1) is 0 Å². The van der Waals surface area contributed by atoms with Gasteiger partial charge in [-0.2, -0.15) is 11.8 Å². The van der Waals surface area contributed by atoms with E-state index in [1.54, 1.807) is 4.90 Å². The minimum Gasteiger partial charge on any atom is -0.315 e. The van der Waals surface area contributed by atoms with E-state index in [2.05, 4.69) is 36.1 Å². The van der Waals surface area contributed by atoms with Crippen molar-refractivity contribution in [1.29, 1.82) is 0 Å². The fraction of sp³-hybridized carbons (Fsp3) is 0.588. The molecule has 1 aliphatic heterocycles. The molecular formula is C17H24N2OS. The smallest absolute Gasteiger partial charge is 0.228 e. The van der Waals surface area contributed by atoms with Crippen molar-refractivity contribution in [1.82, 2.24) is 5.32 Å². The van der Waals surface area contributed by atoms with E-state index >= 15 is 0 Å². The third kappa shape index (κ3) is 2.97. The first-order valence-corrected chi connectivity index (χ1v) is 8.98. The van der Waals surface area contributed by atoms with E-state index in [0.29, 0.717) is 17.7 Å². The minimum atomic E-state index is 0.174. The summed E-state index contributed by atoms with van der Waals surface area (Å²) < 4.78 is 0. The zero-order valence-electron chi connectivity index (χ0n) is 12.8. The number of fused-ring (bicyclic) bond motifs is 1. The molecule has 1 saturated carbocycles. The number of nitrogens with zero attached hydrogens (tertiary/aromatic N) is 1. The maximum atomic E-state index is 12.2. The second-order valence-corrected chi connectivity index (χ2v) is 7.48. The Morgan fingerprint density at radius 1 is 1.33 bits per heavy atom. The summed E-state index contributed by atoms with van der Waals surface area (Å²) in [5, 5.41) is 4.50. The van der Waals surface area contributed by atoms with Crippen LogP contribution < -0.4 is 10.2 Å². The molecule has 21 heavy (non-hydrogen) atoms. The monoisotopic (exact) mass is 304 g/mol. The van der Waals surface area contributed by atoms with Crippen molar-refractivity contribution in [2.75, 3.05) is 17.7 Å². The lowest BCUT2D eigenvalue weighted by molar-refractivity contribution is -0.119. The van der Waals surface area contributed by atoms with Crippen LogP contribution in [0.3, 0.4) is 0 Å². The van der Waals surface area contributed by atoms with Crippen LogP contribution in [0.2, 0.25) is 0 Å². The summed E-state index contributed by atoms with van der Waals surface area (Å²) >= 11 is 2.06. The van der Waals surface area contributed by atoms with Crippen LogP contribution in [-0.2, 0) is 4.79 Å². The zero-order chi connectivity index (χ0) is 14.8. The molecule has 0 radical (unpaired) electrons. The number of hydrogen-bond acceptors (Lipinski definition) is 3. The highest BCUT2D eigenvalue weighted by Gasteiger charge is 2.34. The number of hydrogen-bond donors (Lipinski definition) is 1. The Labute approximate surface area is 131 Å². The number of carbonyl (C=O) groups excluding carboxylic acids is 1. The van der Waals surface area contributed by atoms with Gasteiger partial charge in [-0.3, -0.25) is 4.79 Å². The topological polar surface area (TPSA) is 32.3 Å². The Hall–Kier alpha value is -1.00. The van der Waals surface area contributed by atoms with Crippen LogP contribution in [0.1, 0.15) is 44.2 Å². The summed E-state index contributed by atoms with van der Waals surface area (Å²) in [7, 11) is 1.88. The summed E-state index contributed by atoms with van der Waals surface area (Å²) in [4.78, 5) is 14.0. The molecule has 3 rings (SSSR count). The van der Waals surface area contributed by atoms with E-state index in [1.165, 1.54) is 30.6 Å². The molecule has 0 spiro atoms. The number of nitrogens with one attached hydrogen (secondary N) is 1. The first-order valence-electron chi connectivity index (χ1n) is 7.94. The van der Waals surface area contributed by atoms with Crippen molar-refractivity contribution in [3.63, 3.8) is 0 Å². The Bertz CT molecular complexity index is 519. The third-order valence-electron chi connectivity index (χ3n) is 4.67. The number of carbonyl (C=O) groups is 1. The lowest BCUT2D eigenvalue weighted by Gasteiger charge is -2.34. The highest BCUT2D eigenvalue weighted by molar-refractivity contribution is 7.99. The van der Waals surface area contributed by atoms with Gasteiger partial charge >= 0.3 is 0 Å². The normalized spacial score (nSPS) is 28.8. The van der Waals surface area contributed by atoms with Gasteiger partial charge in [-0.15, -0.1) is 0 Å². The van der Waals surface area contributed by atoms with Crippen molar-refractivity contribution in [3.05, 3.63) is 29.8 Å². The number of para-hydroxylation sites is 1. The predicted octanol–water partition coefficient (Wildman–Crippen LogP) is 3.36. The zero-order valence-corrected chi connectivity index (χ0v) is 13.7. The largest absolute Gasteiger partial charge is 0.315 e. The lowest BCUT2D eigenvalue weighted by Crippen LogP contribution is -2.43. The van der Waals surface area contributed by atoms with Gasteiger partial charge in [-0.25, -0.2) is 0 Å². The first-order chi connectivity index (χ1) is 10.2. The molecule has 0 saturated heterocycles. The number of amides is 1. The van der Waals surface area contributed by atoms with Crippen molar-refractivity contribution >= 4 is 23.4 Å². The van der Waals surface area contributed by atoms with E-state index in [-0.39, 0.29) is 11.9 Å². The first kappa shape index (κ1) is 14.9. The van der Waals surface area contributed by atoms with Crippen molar-refractivity contribution in [3.8, 4) is 0 Å². The molecule has 0 bridgehead atoms. The molecule has 1 heterocycles. The Morgan fingerprint density at radius 3 is 2.95 bits per heavy atom. The van der Waals surface area contributed by atoms with Crippen LogP contribution in [0.15, 0.2) is 24.3 Å². The van der Waals surface area contributed by atoms with E-state index in [1.807, 2.05) is 19.2 Å². The van der Waals surface area contributed by atoms with Gasteiger partial charge in [-0.05, 0) is 30.2 Å². The van der Waals surface area contributed by atoms with Gasteiger partial charge in [0.2, 0.25) is 5.91 Å². The Kier molecular flexibility index (Phi) is 4.55. The molecule has 1 aromatic rings. The molecule has 2 aliphatic rings. The summed E-state index contributed by atoms with van der Waals surface area (Å²) in [6.07, 6.45) is 4.42. The van der Waals surface area contributed by atoms with Crippen LogP contribution in [0, 0.1) is 0 Å². The number of anilines is 1. The quantitative estimate of drug-likeness (QED) is 0.926. The molecule has 1 aromatic carbocycles. The second kappa shape index (κ2) is 6.41. The van der Waals surface area contributed by atoms with E-state index in [4.69, 9.17) is 0 Å². The van der Waals surface area contributed by atoms with Crippen LogP contribution >= 0.6 is 11.8 Å². The van der Waals surface area contributed by atoms with Crippen molar-refractivity contribution in [2.45, 2.75) is 49.9 Å². The molecule has 3 atom stereocenters. The minimum absolute atomic E-state index is 0.174. The molecule has 1 aliphatic carbocycles. The SMILES string of the molecule is CCSC1CCCC1NC1CC(=O)N(C)c2ccccc21. The highest BCUT2D eigenvalue weighted by Crippen LogP contribution is 2.37. The average molecular weight is 304 g/mol.